The highest BCUT2D eigenvalue weighted by molar-refractivity contribution is 7.27. The molecule has 9 heteroatoms. The first-order valence-corrected chi connectivity index (χ1v) is 18.3. The molecule has 7 aromatic rings. The van der Waals surface area contributed by atoms with Crippen LogP contribution in [0.5, 0.6) is 0 Å². The Morgan fingerprint density at radius 1 is 0.468 bits per heavy atom. The molecule has 0 radical (unpaired) electrons. The van der Waals surface area contributed by atoms with Gasteiger partial charge in [0.1, 0.15) is 11.2 Å². The average Bonchev–Trinajstić information content (AvgIpc) is 3.87. The van der Waals surface area contributed by atoms with E-state index in [4.69, 9.17) is 8.83 Å². The topological polar surface area (TPSA) is 66.9 Å². The lowest BCUT2D eigenvalue weighted by atomic mass is 10.1. The van der Waals surface area contributed by atoms with E-state index in [2.05, 4.69) is 73.9 Å². The summed E-state index contributed by atoms with van der Waals surface area (Å²) in [5, 5.41) is 1.81. The zero-order valence-corrected chi connectivity index (χ0v) is 29.1. The molecule has 0 bridgehead atoms. The van der Waals surface area contributed by atoms with Crippen LogP contribution in [0.15, 0.2) is 103 Å². The first-order chi connectivity index (χ1) is 22.9. The van der Waals surface area contributed by atoms with Gasteiger partial charge < -0.3 is 18.6 Å². The van der Waals surface area contributed by atoms with Crippen molar-refractivity contribution in [3.63, 3.8) is 0 Å². The van der Waals surface area contributed by atoms with Crippen molar-refractivity contribution in [2.75, 3.05) is 36.0 Å². The van der Waals surface area contributed by atoms with Crippen LogP contribution in [-0.4, -0.2) is 26.2 Å². The van der Waals surface area contributed by atoms with Crippen molar-refractivity contribution >= 4 is 67.3 Å². The minimum atomic E-state index is -0.330. The Morgan fingerprint density at radius 2 is 0.809 bits per heavy atom. The highest BCUT2D eigenvalue weighted by Crippen LogP contribution is 2.43. The van der Waals surface area contributed by atoms with Crippen molar-refractivity contribution in [3.05, 3.63) is 106 Å². The standard InChI is InChI=1S/C38H34N2O4S3/c1-5-39(6-2)25-11-9-23-19-27(37(41)43-29(23)21-25)31-13-15-33(45-31)35-17-18-36(47-35)34-16-14-32(46-34)28-20-24-10-12-26(40(7-3)8-4)22-30(24)44-38(28)42/h9-22H,5-8H2,1-4H3. The number of hydrogen-bond donors (Lipinski definition) is 0. The molecule has 0 aliphatic heterocycles. The van der Waals surface area contributed by atoms with Crippen molar-refractivity contribution in [2.45, 2.75) is 27.7 Å². The molecular weight excluding hydrogens is 645 g/mol. The summed E-state index contributed by atoms with van der Waals surface area (Å²) >= 11 is 4.87. The third-order valence-electron chi connectivity index (χ3n) is 8.53. The molecule has 0 saturated heterocycles. The number of benzene rings is 2. The summed E-state index contributed by atoms with van der Waals surface area (Å²) in [7, 11) is 0. The predicted octanol–water partition coefficient (Wildman–Crippen LogP) is 10.4. The highest BCUT2D eigenvalue weighted by Gasteiger charge is 2.16. The summed E-state index contributed by atoms with van der Waals surface area (Å²) in [6.45, 7) is 12.0. The Morgan fingerprint density at radius 3 is 1.17 bits per heavy atom. The minimum Gasteiger partial charge on any atom is -0.422 e. The van der Waals surface area contributed by atoms with Crippen molar-refractivity contribution in [1.29, 1.82) is 0 Å². The second-order valence-corrected chi connectivity index (χ2v) is 14.4. The van der Waals surface area contributed by atoms with Crippen molar-refractivity contribution in [1.82, 2.24) is 0 Å². The molecule has 5 aromatic heterocycles. The largest absolute Gasteiger partial charge is 0.422 e. The van der Waals surface area contributed by atoms with Crippen LogP contribution in [0.4, 0.5) is 11.4 Å². The molecule has 0 atom stereocenters. The summed E-state index contributed by atoms with van der Waals surface area (Å²) in [4.78, 5) is 36.8. The SMILES string of the molecule is CCN(CC)c1ccc2cc(-c3ccc(-c4ccc(-c5ccc(-c6cc7ccc(N(CC)CC)cc7oc6=O)s5)s4)s3)c(=O)oc2c1. The molecular formula is C38H34N2O4S3. The van der Waals surface area contributed by atoms with Crippen LogP contribution < -0.4 is 21.1 Å². The predicted molar refractivity (Wildman–Crippen MR) is 201 cm³/mol. The highest BCUT2D eigenvalue weighted by atomic mass is 32.1. The summed E-state index contributed by atoms with van der Waals surface area (Å²) in [5.41, 5.74) is 3.78. The van der Waals surface area contributed by atoms with Gasteiger partial charge in [-0.2, -0.15) is 0 Å². The van der Waals surface area contributed by atoms with E-state index < -0.39 is 0 Å². The molecule has 5 heterocycles. The number of fused-ring (bicyclic) bond motifs is 2. The number of anilines is 2. The van der Waals surface area contributed by atoms with E-state index in [1.807, 2.05) is 48.5 Å². The van der Waals surface area contributed by atoms with Crippen molar-refractivity contribution in [3.8, 4) is 40.4 Å². The van der Waals surface area contributed by atoms with Crippen LogP contribution in [0, 0.1) is 0 Å². The van der Waals surface area contributed by atoms with E-state index in [1.165, 1.54) is 0 Å². The molecule has 0 aliphatic rings. The van der Waals surface area contributed by atoms with Gasteiger partial charge in [0.05, 0.1) is 11.1 Å². The number of thiophene rings is 3. The van der Waals surface area contributed by atoms with Crippen LogP contribution in [0.3, 0.4) is 0 Å². The van der Waals surface area contributed by atoms with E-state index in [9.17, 15) is 9.59 Å². The van der Waals surface area contributed by atoms with Gasteiger partial charge in [0.15, 0.2) is 0 Å². The lowest BCUT2D eigenvalue weighted by molar-refractivity contribution is 0.563. The summed E-state index contributed by atoms with van der Waals surface area (Å²) in [6.07, 6.45) is 0. The van der Waals surface area contributed by atoms with Crippen LogP contribution in [0.25, 0.3) is 62.3 Å². The van der Waals surface area contributed by atoms with Crippen LogP contribution in [0.2, 0.25) is 0 Å². The quantitative estimate of drug-likeness (QED) is 0.134. The second-order valence-electron chi connectivity index (χ2n) is 11.2. The maximum absolute atomic E-state index is 13.1. The van der Waals surface area contributed by atoms with Gasteiger partial charge in [-0.05, 0) is 100 Å². The first kappa shape index (κ1) is 31.2. The smallest absolute Gasteiger partial charge is 0.345 e. The Hall–Kier alpha value is -4.44. The molecule has 0 aliphatic carbocycles. The van der Waals surface area contributed by atoms with Gasteiger partial charge in [-0.3, -0.25) is 0 Å². The van der Waals surface area contributed by atoms with E-state index in [1.54, 1.807) is 34.0 Å². The molecule has 7 rings (SSSR count). The molecule has 0 N–H and O–H groups in total. The van der Waals surface area contributed by atoms with E-state index in [-0.39, 0.29) is 11.3 Å². The molecule has 0 amide bonds. The van der Waals surface area contributed by atoms with Gasteiger partial charge >= 0.3 is 11.3 Å². The average molecular weight is 679 g/mol. The third-order valence-corrected chi connectivity index (χ3v) is 12.2. The molecule has 0 saturated carbocycles. The lowest BCUT2D eigenvalue weighted by Gasteiger charge is -2.20. The first-order valence-electron chi connectivity index (χ1n) is 15.9. The molecule has 0 unspecified atom stereocenters. The normalized spacial score (nSPS) is 11.5. The Bertz CT molecular complexity index is 2170. The van der Waals surface area contributed by atoms with E-state index >= 15 is 0 Å². The zero-order valence-electron chi connectivity index (χ0n) is 26.7. The lowest BCUT2D eigenvalue weighted by Crippen LogP contribution is -2.21. The molecule has 238 valence electrons. The Labute approximate surface area is 284 Å². The summed E-state index contributed by atoms with van der Waals surface area (Å²) < 4.78 is 11.6. The zero-order chi connectivity index (χ0) is 32.7. The van der Waals surface area contributed by atoms with Gasteiger partial charge in [-0.15, -0.1) is 34.0 Å². The number of nitrogens with zero attached hydrogens (tertiary/aromatic N) is 2. The van der Waals surface area contributed by atoms with Crippen molar-refractivity contribution in [2.24, 2.45) is 0 Å². The second kappa shape index (κ2) is 13.0. The van der Waals surface area contributed by atoms with Crippen LogP contribution in [-0.2, 0) is 0 Å². The number of rotatable bonds is 10. The van der Waals surface area contributed by atoms with Crippen molar-refractivity contribution < 1.29 is 8.83 Å². The van der Waals surface area contributed by atoms with E-state index in [0.29, 0.717) is 22.3 Å². The fraction of sp³-hybridized carbons (Fsp3) is 0.211. The molecule has 0 fully saturated rings. The fourth-order valence-electron chi connectivity index (χ4n) is 5.95. The summed E-state index contributed by atoms with van der Waals surface area (Å²) in [6, 6.07) is 28.3. The summed E-state index contributed by atoms with van der Waals surface area (Å²) in [5.74, 6) is 0. The molecule has 0 spiro atoms. The van der Waals surface area contributed by atoms with Gasteiger partial charge in [-0.1, -0.05) is 0 Å². The molecule has 6 nitrogen and oxygen atoms in total. The molecule has 47 heavy (non-hydrogen) atoms. The molecule has 2 aromatic carbocycles. The van der Waals surface area contributed by atoms with Crippen LogP contribution in [0.1, 0.15) is 27.7 Å². The monoisotopic (exact) mass is 678 g/mol. The number of hydrogen-bond acceptors (Lipinski definition) is 9. The van der Waals surface area contributed by atoms with Gasteiger partial charge in [0, 0.05) is 89.7 Å². The fourth-order valence-corrected chi connectivity index (χ4v) is 9.15. The third kappa shape index (κ3) is 5.95. The van der Waals surface area contributed by atoms with Gasteiger partial charge in [-0.25, -0.2) is 9.59 Å². The Balaban J connectivity index is 1.13. The van der Waals surface area contributed by atoms with Gasteiger partial charge in [0.2, 0.25) is 0 Å². The maximum atomic E-state index is 13.1. The van der Waals surface area contributed by atoms with E-state index in [0.717, 1.165) is 77.6 Å². The van der Waals surface area contributed by atoms with Crippen LogP contribution >= 0.6 is 34.0 Å². The maximum Gasteiger partial charge on any atom is 0.345 e. The minimum absolute atomic E-state index is 0.330. The van der Waals surface area contributed by atoms with Gasteiger partial charge in [0.25, 0.3) is 0 Å². The Kier molecular flexibility index (Phi) is 8.61.